The molecule has 2 aliphatic rings. The molecule has 1 aromatic heterocycles. The van der Waals surface area contributed by atoms with Crippen LogP contribution in [0.2, 0.25) is 0 Å². The molecule has 3 aromatic rings. The van der Waals surface area contributed by atoms with Gasteiger partial charge in [-0.25, -0.2) is 9.67 Å². The van der Waals surface area contributed by atoms with Crippen LogP contribution in [0.25, 0.3) is 0 Å². The van der Waals surface area contributed by atoms with Crippen LogP contribution in [-0.2, 0) is 0 Å². The predicted octanol–water partition coefficient (Wildman–Crippen LogP) is 3.88. The Hall–Kier alpha value is -2.67. The van der Waals surface area contributed by atoms with Crippen LogP contribution in [0.4, 0.5) is 5.95 Å². The van der Waals surface area contributed by atoms with Crippen molar-refractivity contribution in [3.05, 3.63) is 64.4 Å². The van der Waals surface area contributed by atoms with Gasteiger partial charge in [-0.15, -0.1) is 0 Å². The van der Waals surface area contributed by atoms with Crippen molar-refractivity contribution in [2.45, 2.75) is 12.5 Å². The van der Waals surface area contributed by atoms with Crippen molar-refractivity contribution in [1.82, 2.24) is 14.8 Å². The van der Waals surface area contributed by atoms with E-state index >= 15 is 0 Å². The van der Waals surface area contributed by atoms with Gasteiger partial charge in [0.05, 0.1) is 11.8 Å². The Bertz CT molecular complexity index is 981. The number of hydrogen-bond donors (Lipinski definition) is 0. The Morgan fingerprint density at radius 3 is 2.76 bits per heavy atom. The highest BCUT2D eigenvalue weighted by Gasteiger charge is 2.27. The maximum atomic E-state index is 5.52. The fraction of sp³-hybridized carbons (Fsp3) is 0.167. The van der Waals surface area contributed by atoms with E-state index in [0.717, 1.165) is 39.2 Å². The summed E-state index contributed by atoms with van der Waals surface area (Å²) in [5.74, 6) is 2.17. The summed E-state index contributed by atoms with van der Waals surface area (Å²) in [6.45, 7) is 0.267. The number of benzene rings is 2. The molecule has 25 heavy (non-hydrogen) atoms. The third-order valence-electron chi connectivity index (χ3n) is 4.43. The monoisotopic (exact) mass is 396 g/mol. The van der Waals surface area contributed by atoms with Crippen LogP contribution in [0.5, 0.6) is 11.5 Å². The smallest absolute Gasteiger partial charge is 0.248 e. The average Bonchev–Trinajstić information content (AvgIpc) is 3.29. The van der Waals surface area contributed by atoms with Crippen molar-refractivity contribution in [1.29, 1.82) is 0 Å². The van der Waals surface area contributed by atoms with Gasteiger partial charge in [0.25, 0.3) is 0 Å². The van der Waals surface area contributed by atoms with Gasteiger partial charge in [0, 0.05) is 10.9 Å². The highest BCUT2D eigenvalue weighted by molar-refractivity contribution is 9.10. The molecule has 0 radical (unpaired) electrons. The second kappa shape index (κ2) is 5.70. The third kappa shape index (κ3) is 2.51. The molecule has 0 saturated carbocycles. The van der Waals surface area contributed by atoms with E-state index in [1.54, 1.807) is 6.33 Å². The van der Waals surface area contributed by atoms with Gasteiger partial charge in [0.2, 0.25) is 12.7 Å². The summed E-state index contributed by atoms with van der Waals surface area (Å²) in [5.41, 5.74) is 3.18. The molecule has 7 heteroatoms. The molecule has 124 valence electrons. The summed E-state index contributed by atoms with van der Waals surface area (Å²) in [6, 6.07) is 14.2. The van der Waals surface area contributed by atoms with E-state index in [0.29, 0.717) is 5.95 Å². The van der Waals surface area contributed by atoms with Gasteiger partial charge in [0.15, 0.2) is 11.5 Å². The molecular formula is C18H13BrN4O2. The quantitative estimate of drug-likeness (QED) is 0.659. The van der Waals surface area contributed by atoms with Crippen molar-refractivity contribution < 1.29 is 9.47 Å². The molecule has 1 unspecified atom stereocenters. The SMILES string of the molecule is Brc1ccc(C2=Nc3ncnn3C(c3ccc4c(c3)OCO4)C2)cc1. The number of aliphatic imine (C=N–C) groups is 1. The van der Waals surface area contributed by atoms with Crippen LogP contribution in [0.3, 0.4) is 0 Å². The van der Waals surface area contributed by atoms with Gasteiger partial charge in [0.1, 0.15) is 6.33 Å². The number of fused-ring (bicyclic) bond motifs is 2. The average molecular weight is 397 g/mol. The lowest BCUT2D eigenvalue weighted by molar-refractivity contribution is 0.174. The summed E-state index contributed by atoms with van der Waals surface area (Å²) in [4.78, 5) is 8.99. The molecule has 0 saturated heterocycles. The molecule has 6 nitrogen and oxygen atoms in total. The summed E-state index contributed by atoms with van der Waals surface area (Å²) in [7, 11) is 0. The fourth-order valence-electron chi connectivity index (χ4n) is 3.18. The Kier molecular flexibility index (Phi) is 3.34. The molecule has 2 aromatic carbocycles. The zero-order valence-electron chi connectivity index (χ0n) is 13.1. The number of aromatic nitrogens is 3. The predicted molar refractivity (Wildman–Crippen MR) is 95.7 cm³/mol. The third-order valence-corrected chi connectivity index (χ3v) is 4.96. The van der Waals surface area contributed by atoms with Crippen LogP contribution in [-0.4, -0.2) is 27.3 Å². The normalized spacial score (nSPS) is 18.0. The standard InChI is InChI=1S/C18H13BrN4O2/c19-13-4-1-11(2-5-13)14-8-15(23-18(22-14)20-9-21-23)12-3-6-16-17(7-12)25-10-24-16/h1-7,9,15H,8,10H2. The first-order chi connectivity index (χ1) is 12.3. The number of hydrogen-bond acceptors (Lipinski definition) is 5. The molecule has 5 rings (SSSR count). The van der Waals surface area contributed by atoms with Crippen molar-refractivity contribution in [2.24, 2.45) is 4.99 Å². The molecule has 0 aliphatic carbocycles. The molecule has 3 heterocycles. The lowest BCUT2D eigenvalue weighted by atomic mass is 9.96. The van der Waals surface area contributed by atoms with E-state index in [1.165, 1.54) is 0 Å². The van der Waals surface area contributed by atoms with Crippen molar-refractivity contribution in [2.75, 3.05) is 6.79 Å². The van der Waals surface area contributed by atoms with Crippen LogP contribution >= 0.6 is 15.9 Å². The largest absolute Gasteiger partial charge is 0.454 e. The number of halogens is 1. The van der Waals surface area contributed by atoms with Gasteiger partial charge < -0.3 is 9.47 Å². The lowest BCUT2D eigenvalue weighted by Crippen LogP contribution is -2.21. The number of rotatable bonds is 2. The van der Waals surface area contributed by atoms with Gasteiger partial charge in [-0.2, -0.15) is 10.1 Å². The Morgan fingerprint density at radius 2 is 1.88 bits per heavy atom. The fourth-order valence-corrected chi connectivity index (χ4v) is 3.45. The first-order valence-corrected chi connectivity index (χ1v) is 8.70. The van der Waals surface area contributed by atoms with Gasteiger partial charge >= 0.3 is 0 Å². The van der Waals surface area contributed by atoms with Crippen molar-refractivity contribution in [3.63, 3.8) is 0 Å². The van der Waals surface area contributed by atoms with E-state index in [4.69, 9.17) is 9.47 Å². The van der Waals surface area contributed by atoms with E-state index in [9.17, 15) is 0 Å². The Balaban J connectivity index is 1.57. The number of nitrogens with zero attached hydrogens (tertiary/aromatic N) is 4. The second-order valence-electron chi connectivity index (χ2n) is 5.90. The van der Waals surface area contributed by atoms with Crippen LogP contribution in [0.15, 0.2) is 58.3 Å². The molecule has 0 N–H and O–H groups in total. The minimum atomic E-state index is 0.0168. The van der Waals surface area contributed by atoms with Crippen molar-refractivity contribution in [3.8, 4) is 11.5 Å². The highest BCUT2D eigenvalue weighted by Crippen LogP contribution is 2.38. The molecule has 1 atom stereocenters. The first-order valence-electron chi connectivity index (χ1n) is 7.90. The molecule has 0 amide bonds. The first kappa shape index (κ1) is 14.7. The summed E-state index contributed by atoms with van der Waals surface area (Å²) >= 11 is 3.47. The zero-order chi connectivity index (χ0) is 16.8. The van der Waals surface area contributed by atoms with Crippen LogP contribution in [0, 0.1) is 0 Å². The summed E-state index contributed by atoms with van der Waals surface area (Å²) in [6.07, 6.45) is 2.28. The minimum Gasteiger partial charge on any atom is -0.454 e. The maximum Gasteiger partial charge on any atom is 0.248 e. The zero-order valence-corrected chi connectivity index (χ0v) is 14.7. The summed E-state index contributed by atoms with van der Waals surface area (Å²) in [5, 5.41) is 4.37. The molecule has 2 aliphatic heterocycles. The Labute approximate surface area is 152 Å². The molecule has 0 fully saturated rings. The van der Waals surface area contributed by atoms with E-state index in [-0.39, 0.29) is 12.8 Å². The van der Waals surface area contributed by atoms with Crippen LogP contribution in [0.1, 0.15) is 23.6 Å². The van der Waals surface area contributed by atoms with Gasteiger partial charge in [-0.1, -0.05) is 34.1 Å². The topological polar surface area (TPSA) is 61.5 Å². The summed E-state index contributed by atoms with van der Waals surface area (Å²) < 4.78 is 13.8. The Morgan fingerprint density at radius 1 is 1.04 bits per heavy atom. The van der Waals surface area contributed by atoms with E-state index < -0.39 is 0 Å². The number of ether oxygens (including phenoxy) is 2. The molecule has 0 bridgehead atoms. The highest BCUT2D eigenvalue weighted by atomic mass is 79.9. The van der Waals surface area contributed by atoms with Crippen LogP contribution < -0.4 is 9.47 Å². The van der Waals surface area contributed by atoms with E-state index in [1.807, 2.05) is 35.0 Å². The second-order valence-corrected chi connectivity index (χ2v) is 6.82. The van der Waals surface area contributed by atoms with Gasteiger partial charge in [-0.3, -0.25) is 0 Å². The molecule has 0 spiro atoms. The minimum absolute atomic E-state index is 0.0168. The molecular weight excluding hydrogens is 384 g/mol. The maximum absolute atomic E-state index is 5.52. The van der Waals surface area contributed by atoms with E-state index in [2.05, 4.69) is 43.1 Å². The van der Waals surface area contributed by atoms with Crippen molar-refractivity contribution >= 4 is 27.6 Å². The van der Waals surface area contributed by atoms with Gasteiger partial charge in [-0.05, 0) is 35.4 Å². The lowest BCUT2D eigenvalue weighted by Gasteiger charge is -2.24.